The van der Waals surface area contributed by atoms with Gasteiger partial charge in [0.1, 0.15) is 5.94 Å². The van der Waals surface area contributed by atoms with Gasteiger partial charge in [-0.3, -0.25) is 0 Å². The van der Waals surface area contributed by atoms with Crippen molar-refractivity contribution in [3.63, 3.8) is 0 Å². The van der Waals surface area contributed by atoms with Crippen molar-refractivity contribution >= 4 is 34.5 Å². The quantitative estimate of drug-likeness (QED) is 0.587. The fourth-order valence-corrected chi connectivity index (χ4v) is 2.58. The molecule has 0 aromatic rings. The van der Waals surface area contributed by atoms with E-state index in [0.717, 1.165) is 12.8 Å². The number of ether oxygens (including phenoxy) is 1. The molecule has 2 saturated heterocycles. The number of fused-ring (bicyclic) bond motifs is 3. The van der Waals surface area contributed by atoms with E-state index in [9.17, 15) is 4.79 Å². The van der Waals surface area contributed by atoms with Gasteiger partial charge in [-0.2, -0.15) is 0 Å². The van der Waals surface area contributed by atoms with Crippen LogP contribution in [0.4, 0.5) is 0 Å². The monoisotopic (exact) mass is 281 g/mol. The number of rotatable bonds is 1. The van der Waals surface area contributed by atoms with Crippen LogP contribution in [-0.2, 0) is 9.53 Å². The largest absolute Gasteiger partial charge is 0.372 e. The first-order chi connectivity index (χ1) is 6.19. The van der Waals surface area contributed by atoms with Crippen LogP contribution in [-0.4, -0.2) is 24.2 Å². The summed E-state index contributed by atoms with van der Waals surface area (Å²) in [6.45, 7) is 0. The predicted molar refractivity (Wildman–Crippen MR) is 59.4 cm³/mol. The Labute approximate surface area is 98.6 Å². The van der Waals surface area contributed by atoms with Crippen molar-refractivity contribution in [2.75, 3.05) is 7.11 Å². The van der Waals surface area contributed by atoms with Crippen LogP contribution in [0.5, 0.6) is 0 Å². The van der Waals surface area contributed by atoms with Gasteiger partial charge in [-0.25, -0.2) is 4.79 Å². The van der Waals surface area contributed by atoms with E-state index in [2.05, 4.69) is 5.32 Å². The lowest BCUT2D eigenvalue weighted by Crippen LogP contribution is -2.58. The number of allylic oxidation sites excluding steroid dienone is 1. The molecule has 1 aliphatic carbocycles. The van der Waals surface area contributed by atoms with Gasteiger partial charge in [-0.05, 0) is 12.8 Å². The third-order valence-electron chi connectivity index (χ3n) is 3.04. The Balaban J connectivity index is 0.000000980. The minimum absolute atomic E-state index is 0. The molecule has 1 saturated carbocycles. The second kappa shape index (κ2) is 4.23. The zero-order chi connectivity index (χ0) is 9.47. The molecule has 0 radical (unpaired) electrons. The molecule has 14 heavy (non-hydrogen) atoms. The molecule has 3 rings (SSSR count). The van der Waals surface area contributed by atoms with Crippen molar-refractivity contribution in [1.82, 2.24) is 5.32 Å². The summed E-state index contributed by atoms with van der Waals surface area (Å²) in [5.41, 5.74) is 0.671. The maximum atomic E-state index is 10.5. The Morgan fingerprint density at radius 3 is 2.79 bits per heavy atom. The number of piperidine rings is 2. The van der Waals surface area contributed by atoms with Crippen molar-refractivity contribution in [3.05, 3.63) is 5.70 Å². The minimum Gasteiger partial charge on any atom is -0.372 e. The molecule has 5 heteroatoms. The average Bonchev–Trinajstić information content (AvgIpc) is 2.18. The number of alkyl halides is 1. The van der Waals surface area contributed by atoms with Gasteiger partial charge in [-0.1, -0.05) is 11.6 Å². The summed E-state index contributed by atoms with van der Waals surface area (Å²) in [4.78, 5) is 10.5. The van der Waals surface area contributed by atoms with E-state index in [-0.39, 0.29) is 28.9 Å². The van der Waals surface area contributed by atoms with Crippen LogP contribution in [0.1, 0.15) is 19.3 Å². The summed E-state index contributed by atoms with van der Waals surface area (Å²) in [6, 6.07) is 0.0561. The topological polar surface area (TPSA) is 38.3 Å². The molecular formula is C9H13BrClNO2. The highest BCUT2D eigenvalue weighted by atomic mass is 79.9. The lowest BCUT2D eigenvalue weighted by atomic mass is 9.77. The van der Waals surface area contributed by atoms with Gasteiger partial charge in [0.15, 0.2) is 5.06 Å². The number of nitrogens with one attached hydrogen (secondary N) is 1. The molecule has 3 atom stereocenters. The fraction of sp³-hybridized carbons (Fsp3) is 0.778. The number of halogens is 2. The number of methoxy groups -OCH3 is 1. The molecule has 0 aromatic heterocycles. The molecule has 2 bridgehead atoms. The van der Waals surface area contributed by atoms with Crippen LogP contribution in [0.25, 0.3) is 0 Å². The van der Waals surface area contributed by atoms with Gasteiger partial charge in [0.25, 0.3) is 0 Å². The van der Waals surface area contributed by atoms with Gasteiger partial charge in [-0.15, -0.1) is 17.0 Å². The SMILES string of the molecule is Br.COC1(Cl)CC2CCC1NC2=C=O. The molecule has 2 aliphatic heterocycles. The van der Waals surface area contributed by atoms with E-state index in [4.69, 9.17) is 16.3 Å². The molecule has 3 unspecified atom stereocenters. The molecule has 3 nitrogen and oxygen atoms in total. The second-order valence-corrected chi connectivity index (χ2v) is 4.32. The van der Waals surface area contributed by atoms with Crippen molar-refractivity contribution in [3.8, 4) is 0 Å². The van der Waals surface area contributed by atoms with Crippen LogP contribution in [0, 0.1) is 5.92 Å². The Hall–Kier alpha value is -0.0200. The van der Waals surface area contributed by atoms with Crippen LogP contribution in [0.3, 0.4) is 0 Å². The van der Waals surface area contributed by atoms with Gasteiger partial charge >= 0.3 is 0 Å². The molecule has 0 amide bonds. The molecule has 80 valence electrons. The molecule has 1 N–H and O–H groups in total. The smallest absolute Gasteiger partial charge is 0.161 e. The van der Waals surface area contributed by atoms with Crippen molar-refractivity contribution in [1.29, 1.82) is 0 Å². The first kappa shape index (κ1) is 12.1. The maximum absolute atomic E-state index is 10.5. The first-order valence-corrected chi connectivity index (χ1v) is 4.83. The standard InChI is InChI=1S/C9H12ClNO2.BrH/c1-13-9(10)4-6-2-3-8(9)11-7(6)5-12;/h6,8,11H,2-4H2,1H3;1H. The highest BCUT2D eigenvalue weighted by Gasteiger charge is 2.49. The Morgan fingerprint density at radius 1 is 1.64 bits per heavy atom. The molecule has 2 heterocycles. The van der Waals surface area contributed by atoms with E-state index in [1.165, 1.54) is 0 Å². The average molecular weight is 283 g/mol. The van der Waals surface area contributed by atoms with E-state index in [0.29, 0.717) is 12.1 Å². The predicted octanol–water partition coefficient (Wildman–Crippen LogP) is 1.63. The molecule has 0 spiro atoms. The zero-order valence-corrected chi connectivity index (χ0v) is 10.3. The summed E-state index contributed by atoms with van der Waals surface area (Å²) in [5.74, 6) is 2.15. The Morgan fingerprint density at radius 2 is 2.36 bits per heavy atom. The normalized spacial score (nSPS) is 39.7. The summed E-state index contributed by atoms with van der Waals surface area (Å²) in [6.07, 6.45) is 2.69. The Kier molecular flexibility index (Phi) is 3.64. The van der Waals surface area contributed by atoms with E-state index >= 15 is 0 Å². The molecular weight excluding hydrogens is 269 g/mol. The lowest BCUT2D eigenvalue weighted by molar-refractivity contribution is -0.0239. The highest BCUT2D eigenvalue weighted by Crippen LogP contribution is 2.44. The molecule has 3 aliphatic rings. The number of hydrogen-bond donors (Lipinski definition) is 1. The first-order valence-electron chi connectivity index (χ1n) is 4.45. The highest BCUT2D eigenvalue weighted by molar-refractivity contribution is 8.93. The van der Waals surface area contributed by atoms with Crippen LogP contribution >= 0.6 is 28.6 Å². The van der Waals surface area contributed by atoms with E-state index in [1.54, 1.807) is 7.11 Å². The minimum atomic E-state index is -0.622. The van der Waals surface area contributed by atoms with Crippen LogP contribution in [0.15, 0.2) is 5.70 Å². The van der Waals surface area contributed by atoms with E-state index < -0.39 is 5.06 Å². The molecule has 3 fully saturated rings. The Bertz CT molecular complexity index is 280. The number of hydrogen-bond acceptors (Lipinski definition) is 3. The summed E-state index contributed by atoms with van der Waals surface area (Å²) < 4.78 is 5.27. The summed E-state index contributed by atoms with van der Waals surface area (Å²) >= 11 is 6.25. The van der Waals surface area contributed by atoms with Crippen molar-refractivity contribution in [2.45, 2.75) is 30.4 Å². The van der Waals surface area contributed by atoms with E-state index in [1.807, 2.05) is 5.94 Å². The van der Waals surface area contributed by atoms with Gasteiger partial charge < -0.3 is 10.1 Å². The third kappa shape index (κ3) is 1.72. The summed E-state index contributed by atoms with van der Waals surface area (Å²) in [5, 5.41) is 2.46. The maximum Gasteiger partial charge on any atom is 0.161 e. The van der Waals surface area contributed by atoms with Crippen LogP contribution in [0.2, 0.25) is 0 Å². The van der Waals surface area contributed by atoms with Gasteiger partial charge in [0.2, 0.25) is 0 Å². The van der Waals surface area contributed by atoms with Crippen molar-refractivity contribution < 1.29 is 9.53 Å². The van der Waals surface area contributed by atoms with Crippen molar-refractivity contribution in [2.24, 2.45) is 5.92 Å². The third-order valence-corrected chi connectivity index (χ3v) is 3.61. The number of carbonyl (C=O) groups excluding carboxylic acids is 1. The fourth-order valence-electron chi connectivity index (χ4n) is 2.23. The summed E-state index contributed by atoms with van der Waals surface area (Å²) in [7, 11) is 1.61. The zero-order valence-electron chi connectivity index (χ0n) is 7.88. The van der Waals surface area contributed by atoms with Gasteiger partial charge in [0.05, 0.1) is 11.7 Å². The lowest BCUT2D eigenvalue weighted by Gasteiger charge is -2.48. The van der Waals surface area contributed by atoms with Crippen LogP contribution < -0.4 is 5.32 Å². The molecule has 0 aromatic carbocycles. The second-order valence-electron chi connectivity index (χ2n) is 3.68. The van der Waals surface area contributed by atoms with Gasteiger partial charge in [0, 0.05) is 19.4 Å².